The van der Waals surface area contributed by atoms with Crippen LogP contribution in [-0.2, 0) is 11.2 Å². The van der Waals surface area contributed by atoms with E-state index in [2.05, 4.69) is 10.6 Å². The minimum absolute atomic E-state index is 0.189. The molecule has 0 saturated carbocycles. The summed E-state index contributed by atoms with van der Waals surface area (Å²) in [5.41, 5.74) is 2.29. The van der Waals surface area contributed by atoms with Gasteiger partial charge in [-0.2, -0.15) is 0 Å². The van der Waals surface area contributed by atoms with E-state index in [4.69, 9.17) is 14.2 Å². The molecule has 3 rings (SSSR count). The monoisotopic (exact) mass is 420 g/mol. The van der Waals surface area contributed by atoms with Crippen molar-refractivity contribution < 1.29 is 23.8 Å². The van der Waals surface area contributed by atoms with Gasteiger partial charge in [-0.15, -0.1) is 0 Å². The highest BCUT2D eigenvalue weighted by atomic mass is 16.5. The van der Waals surface area contributed by atoms with Gasteiger partial charge in [0, 0.05) is 11.3 Å². The summed E-state index contributed by atoms with van der Waals surface area (Å²) in [7, 11) is 4.66. The number of amides is 2. The SMILES string of the molecule is COc1ccc(C(=O)Nc2cc(NC(=O)Cc3cccc(OC)c3)ccc2OC)cc1. The third kappa shape index (κ3) is 5.76. The van der Waals surface area contributed by atoms with Crippen LogP contribution in [0.15, 0.2) is 66.7 Å². The third-order valence-corrected chi connectivity index (χ3v) is 4.58. The molecule has 0 aliphatic heterocycles. The lowest BCUT2D eigenvalue weighted by Crippen LogP contribution is -2.16. The molecule has 0 bridgehead atoms. The Morgan fingerprint density at radius 1 is 0.774 bits per heavy atom. The molecule has 160 valence electrons. The highest BCUT2D eigenvalue weighted by Crippen LogP contribution is 2.28. The summed E-state index contributed by atoms with van der Waals surface area (Å²) in [6.45, 7) is 0. The minimum atomic E-state index is -0.305. The summed E-state index contributed by atoms with van der Waals surface area (Å²) in [6.07, 6.45) is 0.191. The van der Waals surface area contributed by atoms with Crippen LogP contribution in [0, 0.1) is 0 Å². The van der Waals surface area contributed by atoms with Gasteiger partial charge >= 0.3 is 0 Å². The van der Waals surface area contributed by atoms with Gasteiger partial charge in [-0.1, -0.05) is 12.1 Å². The van der Waals surface area contributed by atoms with Gasteiger partial charge in [0.15, 0.2) is 0 Å². The number of nitrogens with one attached hydrogen (secondary N) is 2. The molecule has 0 aliphatic rings. The van der Waals surface area contributed by atoms with Crippen LogP contribution in [0.25, 0.3) is 0 Å². The summed E-state index contributed by atoms with van der Waals surface area (Å²) in [4.78, 5) is 25.1. The summed E-state index contributed by atoms with van der Waals surface area (Å²) in [6, 6.07) is 19.1. The minimum Gasteiger partial charge on any atom is -0.497 e. The largest absolute Gasteiger partial charge is 0.497 e. The Labute approximate surface area is 180 Å². The van der Waals surface area contributed by atoms with E-state index in [9.17, 15) is 9.59 Å². The zero-order chi connectivity index (χ0) is 22.2. The van der Waals surface area contributed by atoms with Gasteiger partial charge in [-0.25, -0.2) is 0 Å². The second-order valence-corrected chi connectivity index (χ2v) is 6.67. The number of ether oxygens (including phenoxy) is 3. The molecule has 31 heavy (non-hydrogen) atoms. The topological polar surface area (TPSA) is 85.9 Å². The molecular formula is C24H24N2O5. The van der Waals surface area contributed by atoms with Gasteiger partial charge in [-0.05, 0) is 60.2 Å². The molecule has 0 radical (unpaired) electrons. The third-order valence-electron chi connectivity index (χ3n) is 4.58. The quantitative estimate of drug-likeness (QED) is 0.572. The van der Waals surface area contributed by atoms with Crippen molar-refractivity contribution in [2.24, 2.45) is 0 Å². The van der Waals surface area contributed by atoms with Crippen molar-refractivity contribution in [3.63, 3.8) is 0 Å². The maximum absolute atomic E-state index is 12.6. The lowest BCUT2D eigenvalue weighted by atomic mass is 10.1. The van der Waals surface area contributed by atoms with Gasteiger partial charge in [0.1, 0.15) is 17.2 Å². The van der Waals surface area contributed by atoms with Crippen LogP contribution in [0.2, 0.25) is 0 Å². The molecule has 3 aromatic rings. The van der Waals surface area contributed by atoms with E-state index in [1.165, 1.54) is 7.11 Å². The van der Waals surface area contributed by atoms with Crippen LogP contribution in [0.4, 0.5) is 11.4 Å². The second-order valence-electron chi connectivity index (χ2n) is 6.67. The van der Waals surface area contributed by atoms with Crippen LogP contribution in [0.1, 0.15) is 15.9 Å². The molecule has 0 aliphatic carbocycles. The molecule has 0 spiro atoms. The van der Waals surface area contributed by atoms with Crippen LogP contribution in [0.3, 0.4) is 0 Å². The van der Waals surface area contributed by atoms with Crippen molar-refractivity contribution >= 4 is 23.2 Å². The fourth-order valence-corrected chi connectivity index (χ4v) is 2.99. The lowest BCUT2D eigenvalue weighted by molar-refractivity contribution is -0.115. The Hall–Kier alpha value is -4.00. The number of carbonyl (C=O) groups excluding carboxylic acids is 2. The molecule has 7 nitrogen and oxygen atoms in total. The van der Waals surface area contributed by atoms with Crippen molar-refractivity contribution in [1.29, 1.82) is 0 Å². The van der Waals surface area contributed by atoms with E-state index in [1.54, 1.807) is 56.7 Å². The highest BCUT2D eigenvalue weighted by molar-refractivity contribution is 6.05. The lowest BCUT2D eigenvalue weighted by Gasteiger charge is -2.13. The maximum atomic E-state index is 12.6. The van der Waals surface area contributed by atoms with E-state index in [1.807, 2.05) is 24.3 Å². The molecule has 7 heteroatoms. The predicted molar refractivity (Wildman–Crippen MR) is 119 cm³/mol. The van der Waals surface area contributed by atoms with Crippen LogP contribution in [0.5, 0.6) is 17.2 Å². The van der Waals surface area contributed by atoms with Crippen LogP contribution < -0.4 is 24.8 Å². The normalized spacial score (nSPS) is 10.2. The van der Waals surface area contributed by atoms with Gasteiger partial charge in [0.25, 0.3) is 5.91 Å². The first-order valence-electron chi connectivity index (χ1n) is 9.58. The maximum Gasteiger partial charge on any atom is 0.255 e. The van der Waals surface area contributed by atoms with E-state index < -0.39 is 0 Å². The van der Waals surface area contributed by atoms with Crippen LogP contribution >= 0.6 is 0 Å². The first kappa shape index (κ1) is 21.7. The van der Waals surface area contributed by atoms with E-state index >= 15 is 0 Å². The number of methoxy groups -OCH3 is 3. The number of hydrogen-bond acceptors (Lipinski definition) is 5. The summed E-state index contributed by atoms with van der Waals surface area (Å²) < 4.78 is 15.6. The standard InChI is InChI=1S/C24H24N2O5/c1-29-19-10-7-17(8-11-19)24(28)26-21-15-18(9-12-22(21)31-3)25-23(27)14-16-5-4-6-20(13-16)30-2/h4-13,15H,14H2,1-3H3,(H,25,27)(H,26,28). The van der Waals surface area contributed by atoms with Crippen molar-refractivity contribution in [3.8, 4) is 17.2 Å². The molecule has 2 amide bonds. The van der Waals surface area contributed by atoms with Gasteiger partial charge in [0.2, 0.25) is 5.91 Å². The number of benzene rings is 3. The Bertz CT molecular complexity index is 1060. The Morgan fingerprint density at radius 3 is 2.19 bits per heavy atom. The molecule has 0 fully saturated rings. The van der Waals surface area contributed by atoms with E-state index in [0.717, 1.165) is 5.56 Å². The summed E-state index contributed by atoms with van der Waals surface area (Å²) >= 11 is 0. The zero-order valence-electron chi connectivity index (χ0n) is 17.6. The number of anilines is 2. The first-order chi connectivity index (χ1) is 15.0. The fraction of sp³-hybridized carbons (Fsp3) is 0.167. The van der Waals surface area contributed by atoms with E-state index in [0.29, 0.717) is 34.2 Å². The van der Waals surface area contributed by atoms with Crippen molar-refractivity contribution in [2.75, 3.05) is 32.0 Å². The molecule has 3 aromatic carbocycles. The number of rotatable bonds is 8. The second kappa shape index (κ2) is 10.2. The predicted octanol–water partition coefficient (Wildman–Crippen LogP) is 4.15. The fourth-order valence-electron chi connectivity index (χ4n) is 2.99. The zero-order valence-corrected chi connectivity index (χ0v) is 17.6. The Kier molecular flexibility index (Phi) is 7.11. The highest BCUT2D eigenvalue weighted by Gasteiger charge is 2.12. The molecule has 0 unspecified atom stereocenters. The number of hydrogen-bond donors (Lipinski definition) is 2. The van der Waals surface area contributed by atoms with Crippen molar-refractivity contribution in [3.05, 3.63) is 77.9 Å². The van der Waals surface area contributed by atoms with Gasteiger partial charge in [0.05, 0.1) is 33.4 Å². The number of carbonyl (C=O) groups is 2. The molecule has 0 atom stereocenters. The molecule has 2 N–H and O–H groups in total. The van der Waals surface area contributed by atoms with E-state index in [-0.39, 0.29) is 18.2 Å². The first-order valence-corrected chi connectivity index (χ1v) is 9.58. The average Bonchev–Trinajstić information content (AvgIpc) is 2.79. The van der Waals surface area contributed by atoms with Crippen molar-refractivity contribution in [2.45, 2.75) is 6.42 Å². The molecular weight excluding hydrogens is 396 g/mol. The molecule has 0 aromatic heterocycles. The Balaban J connectivity index is 1.71. The summed E-state index contributed by atoms with van der Waals surface area (Å²) in [5, 5.41) is 5.67. The van der Waals surface area contributed by atoms with Gasteiger partial charge < -0.3 is 24.8 Å². The van der Waals surface area contributed by atoms with Gasteiger partial charge in [-0.3, -0.25) is 9.59 Å². The summed E-state index contributed by atoms with van der Waals surface area (Å²) in [5.74, 6) is 1.34. The molecule has 0 heterocycles. The Morgan fingerprint density at radius 2 is 1.52 bits per heavy atom. The van der Waals surface area contributed by atoms with Crippen LogP contribution in [-0.4, -0.2) is 33.1 Å². The smallest absolute Gasteiger partial charge is 0.255 e. The molecule has 0 saturated heterocycles. The van der Waals surface area contributed by atoms with Crippen molar-refractivity contribution in [1.82, 2.24) is 0 Å². The average molecular weight is 420 g/mol.